The van der Waals surface area contributed by atoms with E-state index in [9.17, 15) is 9.36 Å². The zero-order chi connectivity index (χ0) is 9.07. The van der Waals surface area contributed by atoms with Crippen molar-refractivity contribution in [3.05, 3.63) is 0 Å². The van der Waals surface area contributed by atoms with E-state index in [2.05, 4.69) is 9.05 Å². The highest BCUT2D eigenvalue weighted by atomic mass is 31.2. The Morgan fingerprint density at radius 3 is 1.91 bits per heavy atom. The summed E-state index contributed by atoms with van der Waals surface area (Å²) in [6.45, 7) is 1.23. The van der Waals surface area contributed by atoms with Crippen molar-refractivity contribution in [2.75, 3.05) is 14.2 Å². The molecule has 0 bridgehead atoms. The van der Waals surface area contributed by atoms with Gasteiger partial charge < -0.3 is 14.8 Å². The van der Waals surface area contributed by atoms with E-state index in [0.717, 1.165) is 0 Å². The smallest absolute Gasteiger partial charge is 0.311 e. The Balaban J connectivity index is 4.51. The molecule has 0 aliphatic heterocycles. The minimum Gasteiger partial charge on any atom is -0.311 e. The normalized spacial score (nSPS) is 14.5. The van der Waals surface area contributed by atoms with Gasteiger partial charge in [-0.25, -0.2) is 0 Å². The number of carbonyl (C=O) groups excluding carboxylic acids is 1. The van der Waals surface area contributed by atoms with Gasteiger partial charge in [-0.15, -0.1) is 0 Å². The van der Waals surface area contributed by atoms with Crippen molar-refractivity contribution >= 4 is 13.4 Å². The van der Waals surface area contributed by atoms with Crippen LogP contribution in [0.5, 0.6) is 0 Å². The van der Waals surface area contributed by atoms with Gasteiger partial charge in [0.15, 0.2) is 11.6 Å². The minimum absolute atomic E-state index is 0.419. The molecule has 0 fully saturated rings. The Morgan fingerprint density at radius 2 is 1.82 bits per heavy atom. The van der Waals surface area contributed by atoms with Crippen LogP contribution in [0.25, 0.3) is 0 Å². The number of nitrogens with two attached hydrogens (primary N) is 1. The van der Waals surface area contributed by atoms with E-state index in [4.69, 9.17) is 5.73 Å². The van der Waals surface area contributed by atoms with E-state index in [1.165, 1.54) is 21.1 Å². The lowest BCUT2D eigenvalue weighted by Gasteiger charge is -2.17. The Labute approximate surface area is 65.4 Å². The van der Waals surface area contributed by atoms with Crippen LogP contribution < -0.4 is 5.73 Å². The van der Waals surface area contributed by atoms with Crippen molar-refractivity contribution in [3.8, 4) is 0 Å². The summed E-state index contributed by atoms with van der Waals surface area (Å²) in [6, 6.07) is 0. The zero-order valence-corrected chi connectivity index (χ0v) is 7.63. The van der Waals surface area contributed by atoms with Gasteiger partial charge in [0.05, 0.1) is 0 Å². The first-order valence-corrected chi connectivity index (χ1v) is 4.56. The van der Waals surface area contributed by atoms with Crippen LogP contribution in [0.2, 0.25) is 0 Å². The van der Waals surface area contributed by atoms with E-state index in [0.29, 0.717) is 0 Å². The van der Waals surface area contributed by atoms with Crippen LogP contribution >= 0.6 is 7.60 Å². The molecule has 66 valence electrons. The summed E-state index contributed by atoms with van der Waals surface area (Å²) >= 11 is 0. The molecule has 1 unspecified atom stereocenters. The summed E-state index contributed by atoms with van der Waals surface area (Å²) in [6.07, 6.45) is 0. The van der Waals surface area contributed by atoms with E-state index < -0.39 is 19.2 Å². The second-order valence-electron chi connectivity index (χ2n) is 1.96. The Bertz CT molecular complexity index is 185. The van der Waals surface area contributed by atoms with Gasteiger partial charge in [-0.2, -0.15) is 0 Å². The second-order valence-corrected chi connectivity index (χ2v) is 4.33. The van der Waals surface area contributed by atoms with Crippen molar-refractivity contribution < 1.29 is 18.4 Å². The summed E-state index contributed by atoms with van der Waals surface area (Å²) in [5, 5.41) is 0. The van der Waals surface area contributed by atoms with Crippen LogP contribution in [-0.4, -0.2) is 25.8 Å². The van der Waals surface area contributed by atoms with Gasteiger partial charge in [0.2, 0.25) is 0 Å². The van der Waals surface area contributed by atoms with Crippen molar-refractivity contribution in [2.45, 2.75) is 12.7 Å². The largest absolute Gasteiger partial charge is 0.354 e. The molecule has 6 heteroatoms. The quantitative estimate of drug-likeness (QED) is 0.633. The number of hydrogen-bond acceptors (Lipinski definition) is 5. The summed E-state index contributed by atoms with van der Waals surface area (Å²) in [5.74, 6) is -1.60. The van der Waals surface area contributed by atoms with E-state index in [1.807, 2.05) is 0 Å². The molecule has 0 aromatic rings. The maximum atomic E-state index is 11.3. The average Bonchev–Trinajstić information content (AvgIpc) is 2.01. The number of rotatable bonds is 4. The molecular formula is C5H12NO4P. The van der Waals surface area contributed by atoms with Gasteiger partial charge in [0, 0.05) is 14.2 Å². The maximum absolute atomic E-state index is 11.3. The topological polar surface area (TPSA) is 78.6 Å². The van der Waals surface area contributed by atoms with E-state index >= 15 is 0 Å². The first-order chi connectivity index (χ1) is 4.98. The number of ketones is 1. The van der Waals surface area contributed by atoms with Crippen LogP contribution in [0.4, 0.5) is 0 Å². The van der Waals surface area contributed by atoms with Gasteiger partial charge in [0.1, 0.15) is 0 Å². The molecular weight excluding hydrogens is 169 g/mol. The fourth-order valence-corrected chi connectivity index (χ4v) is 1.57. The molecule has 0 aliphatic carbocycles. The van der Waals surface area contributed by atoms with Crippen LogP contribution in [-0.2, 0) is 18.4 Å². The summed E-state index contributed by atoms with van der Waals surface area (Å²) in [4.78, 5) is 10.7. The third kappa shape index (κ3) is 2.38. The molecule has 0 saturated heterocycles. The molecule has 0 aromatic heterocycles. The molecule has 0 radical (unpaired) electrons. The third-order valence-corrected chi connectivity index (χ3v) is 3.33. The summed E-state index contributed by atoms with van der Waals surface area (Å²) < 4.78 is 20.3. The summed E-state index contributed by atoms with van der Waals surface area (Å²) in [7, 11) is -1.02. The molecule has 2 N–H and O–H groups in total. The molecule has 0 amide bonds. The van der Waals surface area contributed by atoms with Gasteiger partial charge in [-0.05, 0) is 6.92 Å². The SMILES string of the molecule is COP(=O)(OC)C(N)C(C)=O. The summed E-state index contributed by atoms with van der Waals surface area (Å²) in [5.41, 5.74) is 5.25. The fourth-order valence-electron chi connectivity index (χ4n) is 0.524. The predicted molar refractivity (Wildman–Crippen MR) is 40.3 cm³/mol. The lowest BCUT2D eigenvalue weighted by Crippen LogP contribution is -2.29. The molecule has 5 nitrogen and oxygen atoms in total. The van der Waals surface area contributed by atoms with Crippen molar-refractivity contribution in [1.82, 2.24) is 0 Å². The van der Waals surface area contributed by atoms with Crippen molar-refractivity contribution in [3.63, 3.8) is 0 Å². The van der Waals surface area contributed by atoms with Crippen molar-refractivity contribution in [2.24, 2.45) is 5.73 Å². The van der Waals surface area contributed by atoms with Crippen LogP contribution in [0.3, 0.4) is 0 Å². The molecule has 0 aliphatic rings. The molecule has 0 heterocycles. The molecule has 0 aromatic carbocycles. The van der Waals surface area contributed by atoms with Crippen molar-refractivity contribution in [1.29, 1.82) is 0 Å². The van der Waals surface area contributed by atoms with Gasteiger partial charge in [-0.1, -0.05) is 0 Å². The van der Waals surface area contributed by atoms with Crippen LogP contribution in [0, 0.1) is 0 Å². The van der Waals surface area contributed by atoms with E-state index in [-0.39, 0.29) is 0 Å². The Kier molecular flexibility index (Phi) is 3.89. The fraction of sp³-hybridized carbons (Fsp3) is 0.800. The maximum Gasteiger partial charge on any atom is 0.354 e. The standard InChI is InChI=1S/C5H12NO4P/c1-4(7)5(6)11(8,9-2)10-3/h5H,6H2,1-3H3. The molecule has 1 atom stereocenters. The third-order valence-electron chi connectivity index (χ3n) is 1.27. The second kappa shape index (κ2) is 3.97. The Morgan fingerprint density at radius 1 is 1.45 bits per heavy atom. The number of carbonyl (C=O) groups is 1. The molecule has 0 rings (SSSR count). The first kappa shape index (κ1) is 10.8. The van der Waals surface area contributed by atoms with Crippen LogP contribution in [0.1, 0.15) is 6.92 Å². The molecule has 11 heavy (non-hydrogen) atoms. The lowest BCUT2D eigenvalue weighted by atomic mass is 10.5. The van der Waals surface area contributed by atoms with E-state index in [1.54, 1.807) is 0 Å². The highest BCUT2D eigenvalue weighted by Crippen LogP contribution is 2.49. The monoisotopic (exact) mass is 181 g/mol. The molecule has 0 saturated carbocycles. The highest BCUT2D eigenvalue weighted by molar-refractivity contribution is 7.55. The van der Waals surface area contributed by atoms with Gasteiger partial charge in [-0.3, -0.25) is 9.36 Å². The lowest BCUT2D eigenvalue weighted by molar-refractivity contribution is -0.116. The highest BCUT2D eigenvalue weighted by Gasteiger charge is 2.34. The van der Waals surface area contributed by atoms with Crippen LogP contribution in [0.15, 0.2) is 0 Å². The number of Topliss-reactive ketones (excluding diaryl/α,β-unsaturated/α-hetero) is 1. The Hall–Kier alpha value is -0.220. The van der Waals surface area contributed by atoms with Gasteiger partial charge in [0.25, 0.3) is 0 Å². The first-order valence-electron chi connectivity index (χ1n) is 2.95. The molecule has 0 spiro atoms. The van der Waals surface area contributed by atoms with Gasteiger partial charge >= 0.3 is 7.60 Å². The minimum atomic E-state index is -3.40. The number of hydrogen-bond donors (Lipinski definition) is 1. The predicted octanol–water partition coefficient (Wildman–Crippen LogP) is 0.346. The average molecular weight is 181 g/mol. The zero-order valence-electron chi connectivity index (χ0n) is 6.73.